The number of likely N-dealkylation sites (tertiary alicyclic amines) is 1. The molecule has 2 aliphatic rings. The summed E-state index contributed by atoms with van der Waals surface area (Å²) in [5.74, 6) is -2.01. The summed E-state index contributed by atoms with van der Waals surface area (Å²) in [6.45, 7) is 5.13. The molecular weight excluding hydrogens is 329 g/mol. The van der Waals surface area contributed by atoms with E-state index in [4.69, 9.17) is 0 Å². The van der Waals surface area contributed by atoms with Crippen molar-refractivity contribution in [2.45, 2.75) is 51.6 Å². The van der Waals surface area contributed by atoms with Crippen molar-refractivity contribution >= 4 is 18.3 Å². The predicted octanol–water partition coefficient (Wildman–Crippen LogP) is 3.63. The Kier molecular flexibility index (Phi) is 8.14. The molecule has 1 heterocycles. The number of hydrogen-bond acceptors (Lipinski definition) is 2. The van der Waals surface area contributed by atoms with Crippen LogP contribution in [0.5, 0.6) is 0 Å². The Morgan fingerprint density at radius 1 is 1.13 bits per heavy atom. The summed E-state index contributed by atoms with van der Waals surface area (Å²) in [6.07, 6.45) is -0.649. The molecule has 0 aromatic carbocycles. The first-order valence-corrected chi connectivity index (χ1v) is 8.49. The van der Waals surface area contributed by atoms with Crippen LogP contribution in [-0.4, -0.2) is 43.2 Å². The second-order valence-corrected chi connectivity index (χ2v) is 6.62. The third-order valence-electron chi connectivity index (χ3n) is 5.11. The number of alkyl halides is 3. The van der Waals surface area contributed by atoms with E-state index in [-0.39, 0.29) is 24.7 Å². The molecule has 23 heavy (non-hydrogen) atoms. The zero-order valence-corrected chi connectivity index (χ0v) is 14.5. The highest BCUT2D eigenvalue weighted by Gasteiger charge is 2.49. The molecular formula is C16H28ClF3N2O. The lowest BCUT2D eigenvalue weighted by Crippen LogP contribution is -2.48. The third kappa shape index (κ3) is 5.52. The van der Waals surface area contributed by atoms with E-state index in [2.05, 4.69) is 12.2 Å². The predicted molar refractivity (Wildman–Crippen MR) is 86.6 cm³/mol. The first kappa shape index (κ1) is 20.6. The van der Waals surface area contributed by atoms with Crippen molar-refractivity contribution in [3.8, 4) is 0 Å². The van der Waals surface area contributed by atoms with Crippen molar-refractivity contribution in [3.05, 3.63) is 0 Å². The molecule has 0 spiro atoms. The van der Waals surface area contributed by atoms with E-state index >= 15 is 0 Å². The summed E-state index contributed by atoms with van der Waals surface area (Å²) >= 11 is 0. The van der Waals surface area contributed by atoms with Gasteiger partial charge in [0.1, 0.15) is 0 Å². The van der Waals surface area contributed by atoms with Crippen LogP contribution in [0, 0.1) is 17.8 Å². The number of nitrogens with zero attached hydrogens (tertiary/aromatic N) is 1. The van der Waals surface area contributed by atoms with E-state index in [0.29, 0.717) is 31.8 Å². The van der Waals surface area contributed by atoms with Gasteiger partial charge in [-0.2, -0.15) is 13.2 Å². The number of carbonyl (C=O) groups is 1. The summed E-state index contributed by atoms with van der Waals surface area (Å²) in [7, 11) is 0. The van der Waals surface area contributed by atoms with Gasteiger partial charge in [-0.15, -0.1) is 12.4 Å². The topological polar surface area (TPSA) is 32.3 Å². The second-order valence-electron chi connectivity index (χ2n) is 6.62. The molecule has 1 aliphatic carbocycles. The third-order valence-corrected chi connectivity index (χ3v) is 5.11. The average Bonchev–Trinajstić information content (AvgIpc) is 2.52. The zero-order valence-electron chi connectivity index (χ0n) is 13.7. The summed E-state index contributed by atoms with van der Waals surface area (Å²) in [6, 6.07) is 0. The highest BCUT2D eigenvalue weighted by molar-refractivity contribution is 5.85. The van der Waals surface area contributed by atoms with Gasteiger partial charge in [0.15, 0.2) is 0 Å². The maximum atomic E-state index is 13.1. The Morgan fingerprint density at radius 3 is 2.30 bits per heavy atom. The van der Waals surface area contributed by atoms with Crippen LogP contribution in [0.4, 0.5) is 13.2 Å². The molecule has 2 fully saturated rings. The Balaban J connectivity index is 0.00000264. The molecule has 0 bridgehead atoms. The van der Waals surface area contributed by atoms with E-state index in [1.165, 1.54) is 0 Å². The maximum absolute atomic E-state index is 13.1. The number of piperidine rings is 1. The van der Waals surface area contributed by atoms with E-state index in [1.54, 1.807) is 4.90 Å². The van der Waals surface area contributed by atoms with Crippen LogP contribution >= 0.6 is 12.4 Å². The number of amides is 1. The highest BCUT2D eigenvalue weighted by Crippen LogP contribution is 2.42. The Bertz CT molecular complexity index is 371. The summed E-state index contributed by atoms with van der Waals surface area (Å²) in [5, 5.41) is 3.30. The van der Waals surface area contributed by atoms with Crippen LogP contribution in [0.2, 0.25) is 0 Å². The molecule has 2 unspecified atom stereocenters. The minimum atomic E-state index is -4.25. The quantitative estimate of drug-likeness (QED) is 0.834. The smallest absolute Gasteiger partial charge is 0.342 e. The zero-order chi connectivity index (χ0) is 16.2. The lowest BCUT2D eigenvalue weighted by Gasteiger charge is -2.38. The first-order valence-electron chi connectivity index (χ1n) is 8.49. The van der Waals surface area contributed by atoms with E-state index in [1.807, 2.05) is 0 Å². The van der Waals surface area contributed by atoms with Crippen LogP contribution in [0.3, 0.4) is 0 Å². The molecule has 1 amide bonds. The van der Waals surface area contributed by atoms with Gasteiger partial charge < -0.3 is 10.2 Å². The summed E-state index contributed by atoms with van der Waals surface area (Å²) in [4.78, 5) is 14.2. The fraction of sp³-hybridized carbons (Fsp3) is 0.938. The lowest BCUT2D eigenvalue weighted by molar-refractivity contribution is -0.201. The van der Waals surface area contributed by atoms with Gasteiger partial charge in [-0.05, 0) is 44.7 Å². The number of hydrogen-bond donors (Lipinski definition) is 1. The van der Waals surface area contributed by atoms with Gasteiger partial charge in [0.05, 0.1) is 5.92 Å². The fourth-order valence-electron chi connectivity index (χ4n) is 3.76. The number of rotatable bonds is 4. The monoisotopic (exact) mass is 356 g/mol. The van der Waals surface area contributed by atoms with Crippen molar-refractivity contribution in [3.63, 3.8) is 0 Å². The maximum Gasteiger partial charge on any atom is 0.392 e. The summed E-state index contributed by atoms with van der Waals surface area (Å²) in [5.41, 5.74) is 0. The molecule has 1 N–H and O–H groups in total. The Hall–Kier alpha value is -0.490. The van der Waals surface area contributed by atoms with Gasteiger partial charge in [0.2, 0.25) is 5.91 Å². The average molecular weight is 357 g/mol. The number of halogens is 4. The van der Waals surface area contributed by atoms with Crippen molar-refractivity contribution in [1.29, 1.82) is 0 Å². The number of carbonyl (C=O) groups excluding carboxylic acids is 1. The van der Waals surface area contributed by atoms with Crippen molar-refractivity contribution in [1.82, 2.24) is 10.2 Å². The molecule has 1 saturated carbocycles. The molecule has 0 aromatic rings. The first-order chi connectivity index (χ1) is 10.4. The van der Waals surface area contributed by atoms with Gasteiger partial charge in [-0.3, -0.25) is 4.79 Å². The van der Waals surface area contributed by atoms with Crippen LogP contribution in [0.1, 0.15) is 45.4 Å². The molecule has 0 aromatic heterocycles. The molecule has 2 rings (SSSR count). The minimum Gasteiger partial charge on any atom is -0.342 e. The summed E-state index contributed by atoms with van der Waals surface area (Å²) < 4.78 is 39.4. The minimum absolute atomic E-state index is 0. The van der Waals surface area contributed by atoms with Crippen LogP contribution in [0.15, 0.2) is 0 Å². The highest BCUT2D eigenvalue weighted by atomic mass is 35.5. The Morgan fingerprint density at radius 2 is 1.74 bits per heavy atom. The van der Waals surface area contributed by atoms with E-state index < -0.39 is 18.0 Å². The van der Waals surface area contributed by atoms with Crippen LogP contribution in [-0.2, 0) is 4.79 Å². The molecule has 0 radical (unpaired) electrons. The SMILES string of the molecule is CCNCC1CCN(C(=O)C2CCCCC2C(F)(F)F)CC1.Cl. The number of nitrogens with one attached hydrogen (secondary N) is 1. The standard InChI is InChI=1S/C16H27F3N2O.ClH/c1-2-20-11-12-7-9-21(10-8-12)15(22)13-5-3-4-6-14(13)16(17,18)19;/h12-14,20H,2-11H2,1H3;1H. The lowest BCUT2D eigenvalue weighted by atomic mass is 9.77. The fourth-order valence-corrected chi connectivity index (χ4v) is 3.76. The van der Waals surface area contributed by atoms with Crippen molar-refractivity contribution in [2.24, 2.45) is 17.8 Å². The van der Waals surface area contributed by atoms with E-state index in [0.717, 1.165) is 32.4 Å². The van der Waals surface area contributed by atoms with Gasteiger partial charge in [-0.1, -0.05) is 19.8 Å². The largest absolute Gasteiger partial charge is 0.392 e. The Labute approximate surface area is 142 Å². The van der Waals surface area contributed by atoms with E-state index in [9.17, 15) is 18.0 Å². The molecule has 1 aliphatic heterocycles. The molecule has 2 atom stereocenters. The normalized spacial score (nSPS) is 26.7. The van der Waals surface area contributed by atoms with Crippen molar-refractivity contribution in [2.75, 3.05) is 26.2 Å². The van der Waals surface area contributed by atoms with Crippen LogP contribution < -0.4 is 5.32 Å². The van der Waals surface area contributed by atoms with Gasteiger partial charge in [-0.25, -0.2) is 0 Å². The molecule has 3 nitrogen and oxygen atoms in total. The molecule has 136 valence electrons. The van der Waals surface area contributed by atoms with Gasteiger partial charge in [0.25, 0.3) is 0 Å². The second kappa shape index (κ2) is 9.11. The van der Waals surface area contributed by atoms with Gasteiger partial charge >= 0.3 is 6.18 Å². The van der Waals surface area contributed by atoms with Crippen molar-refractivity contribution < 1.29 is 18.0 Å². The van der Waals surface area contributed by atoms with Gasteiger partial charge in [0, 0.05) is 19.0 Å². The molecule has 1 saturated heterocycles. The molecule has 7 heteroatoms. The van der Waals surface area contributed by atoms with Crippen LogP contribution in [0.25, 0.3) is 0 Å².